The summed E-state index contributed by atoms with van der Waals surface area (Å²) in [4.78, 5) is 18.8. The third kappa shape index (κ3) is 3.04. The van der Waals surface area contributed by atoms with Crippen LogP contribution in [0.5, 0.6) is 0 Å². The topological polar surface area (TPSA) is 32.7 Å². The van der Waals surface area contributed by atoms with Crippen molar-refractivity contribution in [3.8, 4) is 0 Å². The molecule has 0 bridgehead atoms. The lowest BCUT2D eigenvalue weighted by Gasteiger charge is -2.11. The van der Waals surface area contributed by atoms with Gasteiger partial charge in [0, 0.05) is 13.1 Å². The Kier molecular flexibility index (Phi) is 4.37. The number of hydrogen-bond acceptors (Lipinski definition) is 3. The van der Waals surface area contributed by atoms with Gasteiger partial charge in [-0.2, -0.15) is 0 Å². The molecule has 0 spiro atoms. The molecule has 2 rings (SSSR count). The molecule has 1 aromatic rings. The summed E-state index contributed by atoms with van der Waals surface area (Å²) in [6.45, 7) is 5.11. The van der Waals surface area contributed by atoms with Crippen molar-refractivity contribution in [2.45, 2.75) is 13.8 Å². The van der Waals surface area contributed by atoms with Gasteiger partial charge in [0.25, 0.3) is 5.91 Å². The molecular weight excluding hydrogens is 263 g/mol. The van der Waals surface area contributed by atoms with Gasteiger partial charge >= 0.3 is 0 Å². The smallest absolute Gasteiger partial charge is 0.266 e. The lowest BCUT2D eigenvalue weighted by molar-refractivity contribution is -0.122. The minimum Gasteiger partial charge on any atom is -0.287 e. The molecule has 5 heteroatoms. The van der Waals surface area contributed by atoms with Crippen LogP contribution < -0.4 is 0 Å². The van der Waals surface area contributed by atoms with E-state index in [9.17, 15) is 9.18 Å². The molecule has 0 radical (unpaired) electrons. The number of amidine groups is 1. The first-order chi connectivity index (χ1) is 9.15. The summed E-state index contributed by atoms with van der Waals surface area (Å²) in [7, 11) is 0. The zero-order valence-corrected chi connectivity index (χ0v) is 11.7. The van der Waals surface area contributed by atoms with E-state index in [0.29, 0.717) is 18.0 Å². The van der Waals surface area contributed by atoms with E-state index in [4.69, 9.17) is 0 Å². The number of aliphatic imine (C=N–C) groups is 1. The molecule has 1 saturated heterocycles. The molecule has 0 N–H and O–H groups in total. The number of carbonyl (C=O) groups excluding carboxylic acids is 1. The highest BCUT2D eigenvalue weighted by molar-refractivity contribution is 8.18. The van der Waals surface area contributed by atoms with Gasteiger partial charge in [-0.1, -0.05) is 12.1 Å². The van der Waals surface area contributed by atoms with Crippen LogP contribution in [0.1, 0.15) is 19.4 Å². The van der Waals surface area contributed by atoms with E-state index in [0.717, 1.165) is 10.7 Å². The Labute approximate surface area is 116 Å². The lowest BCUT2D eigenvalue weighted by atomic mass is 10.2. The van der Waals surface area contributed by atoms with E-state index in [2.05, 4.69) is 4.99 Å². The maximum absolute atomic E-state index is 12.8. The largest absolute Gasteiger partial charge is 0.287 e. The Balaban J connectivity index is 2.28. The summed E-state index contributed by atoms with van der Waals surface area (Å²) in [6, 6.07) is 6.08. The van der Waals surface area contributed by atoms with Gasteiger partial charge in [0.05, 0.1) is 4.91 Å². The van der Waals surface area contributed by atoms with Crippen molar-refractivity contribution in [2.75, 3.05) is 13.1 Å². The highest BCUT2D eigenvalue weighted by Gasteiger charge is 2.31. The third-order valence-electron chi connectivity index (χ3n) is 2.67. The van der Waals surface area contributed by atoms with Crippen LogP contribution in [0.4, 0.5) is 4.39 Å². The third-order valence-corrected chi connectivity index (χ3v) is 3.71. The fourth-order valence-electron chi connectivity index (χ4n) is 1.75. The van der Waals surface area contributed by atoms with Crippen molar-refractivity contribution in [3.63, 3.8) is 0 Å². The SMILES string of the molecule is CCN=C1S/C(=C/c2ccc(F)cc2)C(=O)N1CC. The van der Waals surface area contributed by atoms with Gasteiger partial charge in [-0.15, -0.1) is 0 Å². The Hall–Kier alpha value is -1.62. The van der Waals surface area contributed by atoms with E-state index in [1.54, 1.807) is 23.1 Å². The Morgan fingerprint density at radius 1 is 1.32 bits per heavy atom. The van der Waals surface area contributed by atoms with E-state index in [1.165, 1.54) is 23.9 Å². The van der Waals surface area contributed by atoms with Crippen LogP contribution in [0.15, 0.2) is 34.2 Å². The van der Waals surface area contributed by atoms with E-state index >= 15 is 0 Å². The van der Waals surface area contributed by atoms with Gasteiger partial charge in [-0.25, -0.2) is 4.39 Å². The Morgan fingerprint density at radius 3 is 2.58 bits per heavy atom. The highest BCUT2D eigenvalue weighted by atomic mass is 32.2. The van der Waals surface area contributed by atoms with Crippen molar-refractivity contribution in [3.05, 3.63) is 40.6 Å². The summed E-state index contributed by atoms with van der Waals surface area (Å²) >= 11 is 1.37. The van der Waals surface area contributed by atoms with Crippen molar-refractivity contribution in [1.29, 1.82) is 0 Å². The average molecular weight is 278 g/mol. The number of likely N-dealkylation sites (N-methyl/N-ethyl adjacent to an activating group) is 1. The molecule has 0 aliphatic carbocycles. The molecule has 1 aromatic carbocycles. The van der Waals surface area contributed by atoms with Crippen LogP contribution >= 0.6 is 11.8 Å². The minimum atomic E-state index is -0.282. The van der Waals surface area contributed by atoms with Crippen molar-refractivity contribution >= 4 is 28.9 Å². The number of rotatable bonds is 3. The molecule has 3 nitrogen and oxygen atoms in total. The van der Waals surface area contributed by atoms with E-state index in [-0.39, 0.29) is 11.7 Å². The van der Waals surface area contributed by atoms with Crippen molar-refractivity contribution < 1.29 is 9.18 Å². The van der Waals surface area contributed by atoms with Gasteiger partial charge in [0.2, 0.25) is 0 Å². The number of amides is 1. The average Bonchev–Trinajstić information content (AvgIpc) is 2.69. The maximum Gasteiger partial charge on any atom is 0.266 e. The van der Waals surface area contributed by atoms with Gasteiger partial charge < -0.3 is 0 Å². The van der Waals surface area contributed by atoms with E-state index < -0.39 is 0 Å². The number of hydrogen-bond donors (Lipinski definition) is 0. The second kappa shape index (κ2) is 6.02. The number of benzene rings is 1. The summed E-state index contributed by atoms with van der Waals surface area (Å²) in [5, 5.41) is 0.739. The van der Waals surface area contributed by atoms with Crippen LogP contribution in [0.25, 0.3) is 6.08 Å². The monoisotopic (exact) mass is 278 g/mol. The predicted molar refractivity (Wildman–Crippen MR) is 77.3 cm³/mol. The molecule has 1 aliphatic rings. The van der Waals surface area contributed by atoms with Gasteiger partial charge in [0.15, 0.2) is 5.17 Å². The zero-order valence-electron chi connectivity index (χ0n) is 10.9. The Morgan fingerprint density at radius 2 is 2.00 bits per heavy atom. The molecule has 1 heterocycles. The lowest BCUT2D eigenvalue weighted by Crippen LogP contribution is -2.28. The van der Waals surface area contributed by atoms with Gasteiger partial charge in [0.1, 0.15) is 5.82 Å². The van der Waals surface area contributed by atoms with Crippen LogP contribution in [0, 0.1) is 5.82 Å². The molecule has 19 heavy (non-hydrogen) atoms. The molecule has 0 atom stereocenters. The molecule has 1 aliphatic heterocycles. The molecular formula is C14H15FN2OS. The zero-order chi connectivity index (χ0) is 13.8. The number of nitrogens with zero attached hydrogens (tertiary/aromatic N) is 2. The number of halogens is 1. The molecule has 1 fully saturated rings. The van der Waals surface area contributed by atoms with Crippen LogP contribution in [-0.2, 0) is 4.79 Å². The molecule has 100 valence electrons. The first-order valence-electron chi connectivity index (χ1n) is 6.17. The number of thioether (sulfide) groups is 1. The minimum absolute atomic E-state index is 0.0379. The standard InChI is InChI=1S/C14H15FN2OS/c1-3-16-14-17(4-2)13(18)12(19-14)9-10-5-7-11(15)8-6-10/h5-9H,3-4H2,1-2H3/b12-9+,16-14?. The van der Waals surface area contributed by atoms with Crippen molar-refractivity contribution in [2.24, 2.45) is 4.99 Å². The quantitative estimate of drug-likeness (QED) is 0.796. The first kappa shape index (κ1) is 13.8. The van der Waals surface area contributed by atoms with E-state index in [1.807, 2.05) is 13.8 Å². The summed E-state index contributed by atoms with van der Waals surface area (Å²) in [5.41, 5.74) is 0.811. The second-order valence-electron chi connectivity index (χ2n) is 3.97. The van der Waals surface area contributed by atoms with Gasteiger partial charge in [-0.3, -0.25) is 14.7 Å². The Bertz CT molecular complexity index is 537. The molecule has 1 amide bonds. The first-order valence-corrected chi connectivity index (χ1v) is 6.98. The maximum atomic E-state index is 12.8. The van der Waals surface area contributed by atoms with Gasteiger partial charge in [-0.05, 0) is 49.4 Å². The normalized spacial score (nSPS) is 19.7. The highest BCUT2D eigenvalue weighted by Crippen LogP contribution is 2.32. The molecule has 0 aromatic heterocycles. The van der Waals surface area contributed by atoms with Crippen LogP contribution in [-0.4, -0.2) is 29.1 Å². The fraction of sp³-hybridized carbons (Fsp3) is 0.286. The second-order valence-corrected chi connectivity index (χ2v) is 4.98. The van der Waals surface area contributed by atoms with Crippen molar-refractivity contribution in [1.82, 2.24) is 4.90 Å². The summed E-state index contributed by atoms with van der Waals surface area (Å²) in [6.07, 6.45) is 1.77. The summed E-state index contributed by atoms with van der Waals surface area (Å²) < 4.78 is 12.8. The molecule has 0 saturated carbocycles. The summed E-state index contributed by atoms with van der Waals surface area (Å²) in [5.74, 6) is -0.319. The molecule has 0 unspecified atom stereocenters. The predicted octanol–water partition coefficient (Wildman–Crippen LogP) is 3.14. The van der Waals surface area contributed by atoms with Crippen LogP contribution in [0.3, 0.4) is 0 Å². The van der Waals surface area contributed by atoms with Crippen LogP contribution in [0.2, 0.25) is 0 Å². The fourth-order valence-corrected chi connectivity index (χ4v) is 2.86. The number of carbonyl (C=O) groups is 1.